The normalized spacial score (nSPS) is 20.7. The maximum Gasteiger partial charge on any atom is 0.214 e. The highest BCUT2D eigenvalue weighted by atomic mass is 32.2. The average Bonchev–Trinajstić information content (AvgIpc) is 2.99. The third kappa shape index (κ3) is 3.36. The summed E-state index contributed by atoms with van der Waals surface area (Å²) in [5, 5.41) is 25.5. The number of nitrogens with zero attached hydrogens (tertiary/aromatic N) is 5. The lowest BCUT2D eigenvalue weighted by atomic mass is 10.0. The zero-order valence-electron chi connectivity index (χ0n) is 12.0. The van der Waals surface area contributed by atoms with Crippen LogP contribution in [0.3, 0.4) is 0 Å². The Bertz CT molecular complexity index is 668. The third-order valence-corrected chi connectivity index (χ3v) is 4.78. The van der Waals surface area contributed by atoms with Gasteiger partial charge in [-0.15, -0.1) is 5.10 Å². The number of tetrazole rings is 1. The Morgan fingerprint density at radius 3 is 2.82 bits per heavy atom. The first-order valence-electron chi connectivity index (χ1n) is 7.25. The maximum atomic E-state index is 9.29. The molecule has 0 fully saturated rings. The van der Waals surface area contributed by atoms with Crippen molar-refractivity contribution < 1.29 is 5.21 Å². The molecule has 1 aromatic heterocycles. The van der Waals surface area contributed by atoms with Gasteiger partial charge in [0.1, 0.15) is 0 Å². The van der Waals surface area contributed by atoms with E-state index in [1.54, 1.807) is 16.4 Å². The van der Waals surface area contributed by atoms with Crippen LogP contribution in [-0.4, -0.2) is 36.4 Å². The van der Waals surface area contributed by atoms with Crippen molar-refractivity contribution in [2.45, 2.75) is 36.1 Å². The second kappa shape index (κ2) is 7.22. The summed E-state index contributed by atoms with van der Waals surface area (Å²) in [6, 6.07) is 9.78. The summed E-state index contributed by atoms with van der Waals surface area (Å²) < 4.78 is 1.72. The van der Waals surface area contributed by atoms with Crippen LogP contribution in [-0.2, 0) is 0 Å². The van der Waals surface area contributed by atoms with Gasteiger partial charge in [0.25, 0.3) is 0 Å². The van der Waals surface area contributed by atoms with Crippen molar-refractivity contribution in [3.63, 3.8) is 0 Å². The Kier molecular flexibility index (Phi) is 4.85. The van der Waals surface area contributed by atoms with Gasteiger partial charge in [-0.3, -0.25) is 0 Å². The lowest BCUT2D eigenvalue weighted by Gasteiger charge is -2.17. The van der Waals surface area contributed by atoms with E-state index in [2.05, 4.69) is 32.8 Å². The van der Waals surface area contributed by atoms with Gasteiger partial charge in [-0.1, -0.05) is 47.3 Å². The lowest BCUT2D eigenvalue weighted by molar-refractivity contribution is 0.316. The zero-order valence-corrected chi connectivity index (χ0v) is 12.9. The fourth-order valence-corrected chi connectivity index (χ4v) is 3.53. The van der Waals surface area contributed by atoms with Gasteiger partial charge in [0.05, 0.1) is 16.6 Å². The summed E-state index contributed by atoms with van der Waals surface area (Å²) in [5.74, 6) is 0. The SMILES string of the molecule is O/N=C1/CCC=CCC[C@@H]1Sc1nnnn1-c1ccccc1. The first-order valence-corrected chi connectivity index (χ1v) is 8.12. The number of thioether (sulfide) groups is 1. The van der Waals surface area contributed by atoms with Crippen LogP contribution in [0.4, 0.5) is 0 Å². The van der Waals surface area contributed by atoms with E-state index in [0.717, 1.165) is 37.1 Å². The molecule has 0 spiro atoms. The van der Waals surface area contributed by atoms with E-state index in [4.69, 9.17) is 0 Å². The highest BCUT2D eigenvalue weighted by molar-refractivity contribution is 8.00. The summed E-state index contributed by atoms with van der Waals surface area (Å²) >= 11 is 1.55. The van der Waals surface area contributed by atoms with Crippen molar-refractivity contribution in [1.82, 2.24) is 20.2 Å². The monoisotopic (exact) mass is 315 g/mol. The molecule has 1 aromatic carbocycles. The summed E-state index contributed by atoms with van der Waals surface area (Å²) in [6.07, 6.45) is 7.85. The second-order valence-corrected chi connectivity index (χ2v) is 6.16. The Morgan fingerprint density at radius 1 is 1.18 bits per heavy atom. The fourth-order valence-electron chi connectivity index (χ4n) is 2.39. The fraction of sp³-hybridized carbons (Fsp3) is 0.333. The molecule has 0 radical (unpaired) electrons. The van der Waals surface area contributed by atoms with Crippen LogP contribution in [0.1, 0.15) is 25.7 Å². The molecule has 1 N–H and O–H groups in total. The molecule has 0 saturated heterocycles. The van der Waals surface area contributed by atoms with Gasteiger partial charge < -0.3 is 5.21 Å². The molecule has 3 rings (SSSR count). The Hall–Kier alpha value is -2.15. The van der Waals surface area contributed by atoms with Crippen LogP contribution in [0.2, 0.25) is 0 Å². The molecule has 22 heavy (non-hydrogen) atoms. The number of oxime groups is 1. The molecule has 2 aromatic rings. The maximum absolute atomic E-state index is 9.29. The summed E-state index contributed by atoms with van der Waals surface area (Å²) in [5.41, 5.74) is 1.72. The lowest BCUT2D eigenvalue weighted by Crippen LogP contribution is -2.19. The molecular formula is C15H17N5OS. The molecule has 0 saturated carbocycles. The zero-order chi connectivity index (χ0) is 15.2. The number of rotatable bonds is 3. The largest absolute Gasteiger partial charge is 0.411 e. The molecule has 114 valence electrons. The highest BCUT2D eigenvalue weighted by Crippen LogP contribution is 2.29. The molecule has 0 amide bonds. The van der Waals surface area contributed by atoms with E-state index in [0.29, 0.717) is 5.16 Å². The van der Waals surface area contributed by atoms with Crippen LogP contribution in [0.25, 0.3) is 5.69 Å². The van der Waals surface area contributed by atoms with E-state index in [1.165, 1.54) is 0 Å². The molecular weight excluding hydrogens is 298 g/mol. The average molecular weight is 315 g/mol. The molecule has 1 heterocycles. The van der Waals surface area contributed by atoms with Gasteiger partial charge in [0, 0.05) is 0 Å². The molecule has 6 nitrogen and oxygen atoms in total. The Balaban J connectivity index is 1.83. The van der Waals surface area contributed by atoms with Crippen LogP contribution in [0, 0.1) is 0 Å². The molecule has 0 bridgehead atoms. The van der Waals surface area contributed by atoms with E-state index in [-0.39, 0.29) is 5.25 Å². The molecule has 0 unspecified atom stereocenters. The number of hydrogen-bond donors (Lipinski definition) is 1. The Morgan fingerprint density at radius 2 is 2.00 bits per heavy atom. The van der Waals surface area contributed by atoms with Gasteiger partial charge in [-0.25, -0.2) is 0 Å². The number of benzene rings is 1. The van der Waals surface area contributed by atoms with Crippen molar-refractivity contribution in [2.75, 3.05) is 0 Å². The predicted octanol–water partition coefficient (Wildman–Crippen LogP) is 3.08. The van der Waals surface area contributed by atoms with Crippen LogP contribution >= 0.6 is 11.8 Å². The molecule has 1 atom stereocenters. The van der Waals surface area contributed by atoms with E-state index in [1.807, 2.05) is 30.3 Å². The van der Waals surface area contributed by atoms with Crippen molar-refractivity contribution in [3.8, 4) is 5.69 Å². The number of allylic oxidation sites excluding steroid dienone is 2. The minimum Gasteiger partial charge on any atom is -0.411 e. The third-order valence-electron chi connectivity index (χ3n) is 3.52. The van der Waals surface area contributed by atoms with Crippen LogP contribution < -0.4 is 0 Å². The second-order valence-electron chi connectivity index (χ2n) is 4.99. The van der Waals surface area contributed by atoms with E-state index < -0.39 is 0 Å². The first-order chi connectivity index (χ1) is 10.9. The number of hydrogen-bond acceptors (Lipinski definition) is 6. The van der Waals surface area contributed by atoms with Gasteiger partial charge >= 0.3 is 0 Å². The van der Waals surface area contributed by atoms with Gasteiger partial charge in [0.15, 0.2) is 0 Å². The van der Waals surface area contributed by atoms with Crippen molar-refractivity contribution in [1.29, 1.82) is 0 Å². The quantitative estimate of drug-likeness (QED) is 0.535. The molecule has 7 heteroatoms. The molecule has 1 aliphatic carbocycles. The topological polar surface area (TPSA) is 76.2 Å². The number of aromatic nitrogens is 4. The smallest absolute Gasteiger partial charge is 0.214 e. The van der Waals surface area contributed by atoms with Crippen LogP contribution in [0.15, 0.2) is 52.8 Å². The van der Waals surface area contributed by atoms with Crippen molar-refractivity contribution in [2.24, 2.45) is 5.16 Å². The van der Waals surface area contributed by atoms with E-state index >= 15 is 0 Å². The Labute approximate surface area is 132 Å². The van der Waals surface area contributed by atoms with Crippen LogP contribution in [0.5, 0.6) is 0 Å². The molecule has 0 aliphatic heterocycles. The molecule has 1 aliphatic rings. The minimum absolute atomic E-state index is 0.0865. The van der Waals surface area contributed by atoms with Gasteiger partial charge in [-0.05, 0) is 48.2 Å². The summed E-state index contributed by atoms with van der Waals surface area (Å²) in [6.45, 7) is 0. The summed E-state index contributed by atoms with van der Waals surface area (Å²) in [4.78, 5) is 0. The summed E-state index contributed by atoms with van der Waals surface area (Å²) in [7, 11) is 0. The van der Waals surface area contributed by atoms with E-state index in [9.17, 15) is 5.21 Å². The highest BCUT2D eigenvalue weighted by Gasteiger charge is 2.22. The minimum atomic E-state index is 0.0865. The first kappa shape index (κ1) is 14.8. The van der Waals surface area contributed by atoms with Crippen molar-refractivity contribution >= 4 is 17.5 Å². The predicted molar refractivity (Wildman–Crippen MR) is 85.6 cm³/mol. The standard InChI is InChI=1S/C15H17N5OS/c21-17-13-10-6-1-2-7-11-14(13)22-15-16-18-19-20(15)12-8-4-3-5-9-12/h1-5,8-9,14,21H,6-7,10-11H2/b2-1?,17-13-/t14-/m0/s1. The van der Waals surface area contributed by atoms with Gasteiger partial charge in [-0.2, -0.15) is 4.68 Å². The van der Waals surface area contributed by atoms with Gasteiger partial charge in [0.2, 0.25) is 5.16 Å². The van der Waals surface area contributed by atoms with Crippen molar-refractivity contribution in [3.05, 3.63) is 42.5 Å². The number of para-hydroxylation sites is 1.